The number of benzene rings is 2. The highest BCUT2D eigenvalue weighted by atomic mass is 16.2. The molecule has 2 N–H and O–H groups in total. The monoisotopic (exact) mass is 486 g/mol. The highest BCUT2D eigenvalue weighted by Gasteiger charge is 2.24. The van der Waals surface area contributed by atoms with Crippen molar-refractivity contribution in [1.29, 1.82) is 0 Å². The lowest BCUT2D eigenvalue weighted by molar-refractivity contribution is -0.129. The van der Waals surface area contributed by atoms with Crippen LogP contribution in [0.25, 0.3) is 17.2 Å². The number of carbonyl (C=O) groups is 2. The number of likely N-dealkylation sites (tertiary alicyclic amines) is 1. The van der Waals surface area contributed by atoms with Crippen molar-refractivity contribution in [2.24, 2.45) is 10.7 Å². The van der Waals surface area contributed by atoms with E-state index >= 15 is 0 Å². The predicted octanol–water partition coefficient (Wildman–Crippen LogP) is 5.79. The number of amidine groups is 1. The number of amides is 2. The first kappa shape index (κ1) is 25.7. The largest absolute Gasteiger partial charge is 0.387 e. The first-order valence-corrected chi connectivity index (χ1v) is 13.3. The van der Waals surface area contributed by atoms with E-state index in [0.29, 0.717) is 17.8 Å². The van der Waals surface area contributed by atoms with Gasteiger partial charge in [0, 0.05) is 48.8 Å². The molecule has 2 aliphatic rings. The van der Waals surface area contributed by atoms with Crippen LogP contribution in [-0.2, 0) is 4.79 Å². The Bertz CT molecular complexity index is 1160. The van der Waals surface area contributed by atoms with Crippen molar-refractivity contribution < 1.29 is 9.59 Å². The Morgan fingerprint density at radius 1 is 1.03 bits per heavy atom. The molecule has 0 aliphatic carbocycles. The molecule has 1 unspecified atom stereocenters. The van der Waals surface area contributed by atoms with Crippen LogP contribution in [0.2, 0.25) is 0 Å². The Morgan fingerprint density at radius 2 is 1.72 bits per heavy atom. The maximum absolute atomic E-state index is 13.4. The first-order valence-electron chi connectivity index (χ1n) is 13.3. The molecule has 2 aliphatic heterocycles. The summed E-state index contributed by atoms with van der Waals surface area (Å²) in [5, 5.41) is 0. The fraction of sp³-hybridized carbons (Fsp3) is 0.433. The van der Waals surface area contributed by atoms with E-state index in [1.807, 2.05) is 58.3 Å². The molecule has 6 nitrogen and oxygen atoms in total. The molecule has 2 heterocycles. The standard InChI is InChI=1S/C30H38N4O2/c1-4-15-34(21(3)5-2)30(36)26-18-25-14-13-24(19-27(25)32-28(31)20-26)22-9-11-23(12-10-22)29(35)33-16-7-6-8-17-33/h9-14,18-19,21H,4-8,15-17,20H2,1-3H3,(H2,31,32). The van der Waals surface area contributed by atoms with Gasteiger partial charge in [0.25, 0.3) is 5.91 Å². The third-order valence-electron chi connectivity index (χ3n) is 7.23. The molecule has 0 saturated carbocycles. The van der Waals surface area contributed by atoms with Crippen molar-refractivity contribution in [3.63, 3.8) is 0 Å². The molecule has 0 spiro atoms. The number of aliphatic imine (C=N–C) groups is 1. The van der Waals surface area contributed by atoms with Crippen LogP contribution in [0.15, 0.2) is 53.0 Å². The van der Waals surface area contributed by atoms with Crippen molar-refractivity contribution in [1.82, 2.24) is 9.80 Å². The van der Waals surface area contributed by atoms with Gasteiger partial charge in [0.05, 0.1) is 5.69 Å². The maximum Gasteiger partial charge on any atom is 0.253 e. The first-order chi connectivity index (χ1) is 17.4. The second kappa shape index (κ2) is 11.5. The van der Waals surface area contributed by atoms with Gasteiger partial charge < -0.3 is 15.5 Å². The van der Waals surface area contributed by atoms with E-state index in [9.17, 15) is 9.59 Å². The molecule has 0 bridgehead atoms. The van der Waals surface area contributed by atoms with E-state index in [4.69, 9.17) is 5.73 Å². The quantitative estimate of drug-likeness (QED) is 0.538. The topological polar surface area (TPSA) is 79.0 Å². The molecule has 36 heavy (non-hydrogen) atoms. The number of fused-ring (bicyclic) bond motifs is 1. The molecule has 6 heteroatoms. The van der Waals surface area contributed by atoms with Gasteiger partial charge in [0.15, 0.2) is 0 Å². The molecule has 1 fully saturated rings. The summed E-state index contributed by atoms with van der Waals surface area (Å²) in [5.41, 5.74) is 11.3. The van der Waals surface area contributed by atoms with Crippen LogP contribution in [0.1, 0.15) is 75.2 Å². The maximum atomic E-state index is 13.4. The van der Waals surface area contributed by atoms with Gasteiger partial charge in [-0.25, -0.2) is 4.99 Å². The van der Waals surface area contributed by atoms with Gasteiger partial charge in [-0.15, -0.1) is 0 Å². The Labute approximate surface area is 214 Å². The number of carbonyl (C=O) groups excluding carboxylic acids is 2. The van der Waals surface area contributed by atoms with Gasteiger partial charge in [-0.05, 0) is 74.4 Å². The molecule has 0 aromatic heterocycles. The SMILES string of the molecule is CCCN(C(=O)C1=Cc2ccc(-c3ccc(C(=O)N4CCCCC4)cc3)cc2N=C(N)C1)C(C)CC. The average molecular weight is 487 g/mol. The highest BCUT2D eigenvalue weighted by molar-refractivity contribution is 6.05. The number of rotatable bonds is 7. The van der Waals surface area contributed by atoms with Crippen molar-refractivity contribution in [3.8, 4) is 11.1 Å². The summed E-state index contributed by atoms with van der Waals surface area (Å²) < 4.78 is 0. The van der Waals surface area contributed by atoms with Crippen LogP contribution in [-0.4, -0.2) is 53.1 Å². The smallest absolute Gasteiger partial charge is 0.253 e. The van der Waals surface area contributed by atoms with E-state index in [1.165, 1.54) is 6.42 Å². The summed E-state index contributed by atoms with van der Waals surface area (Å²) >= 11 is 0. The molecule has 1 atom stereocenters. The average Bonchev–Trinajstić information content (AvgIpc) is 3.08. The van der Waals surface area contributed by atoms with Crippen molar-refractivity contribution in [2.75, 3.05) is 19.6 Å². The van der Waals surface area contributed by atoms with E-state index in [2.05, 4.69) is 25.8 Å². The lowest BCUT2D eigenvalue weighted by Gasteiger charge is -2.29. The summed E-state index contributed by atoms with van der Waals surface area (Å²) in [6.45, 7) is 8.70. The van der Waals surface area contributed by atoms with Crippen molar-refractivity contribution >= 4 is 29.4 Å². The summed E-state index contributed by atoms with van der Waals surface area (Å²) in [4.78, 5) is 34.8. The summed E-state index contributed by atoms with van der Waals surface area (Å²) in [6.07, 6.45) is 7.47. The van der Waals surface area contributed by atoms with Crippen molar-refractivity contribution in [3.05, 3.63) is 59.2 Å². The minimum absolute atomic E-state index is 0.0373. The number of nitrogens with two attached hydrogens (primary N) is 1. The van der Waals surface area contributed by atoms with Crippen LogP contribution in [0, 0.1) is 0 Å². The number of piperidine rings is 1. The van der Waals surface area contributed by atoms with Gasteiger partial charge in [-0.1, -0.05) is 38.1 Å². The zero-order chi connectivity index (χ0) is 25.7. The highest BCUT2D eigenvalue weighted by Crippen LogP contribution is 2.32. The minimum atomic E-state index is 0.0373. The van der Waals surface area contributed by atoms with E-state index in [-0.39, 0.29) is 17.9 Å². The zero-order valence-corrected chi connectivity index (χ0v) is 21.8. The molecule has 190 valence electrons. The third kappa shape index (κ3) is 5.69. The molecule has 2 aromatic carbocycles. The Hall–Kier alpha value is -3.41. The van der Waals surface area contributed by atoms with E-state index in [1.54, 1.807) is 0 Å². The molecule has 0 radical (unpaired) electrons. The lowest BCUT2D eigenvalue weighted by atomic mass is 9.99. The van der Waals surface area contributed by atoms with Crippen LogP contribution < -0.4 is 5.73 Å². The fourth-order valence-corrected chi connectivity index (χ4v) is 4.96. The number of nitrogens with zero attached hydrogens (tertiary/aromatic N) is 3. The Morgan fingerprint density at radius 3 is 2.39 bits per heavy atom. The molecular formula is C30H38N4O2. The van der Waals surface area contributed by atoms with Crippen LogP contribution >= 0.6 is 0 Å². The van der Waals surface area contributed by atoms with E-state index < -0.39 is 0 Å². The fourth-order valence-electron chi connectivity index (χ4n) is 4.96. The number of hydrogen-bond donors (Lipinski definition) is 1. The van der Waals surface area contributed by atoms with E-state index in [0.717, 1.165) is 73.3 Å². The second-order valence-electron chi connectivity index (χ2n) is 9.91. The van der Waals surface area contributed by atoms with Gasteiger partial charge in [0.1, 0.15) is 5.84 Å². The minimum Gasteiger partial charge on any atom is -0.387 e. The van der Waals surface area contributed by atoms with Crippen molar-refractivity contribution in [2.45, 2.75) is 65.3 Å². The Balaban J connectivity index is 1.58. The molecule has 2 amide bonds. The Kier molecular flexibility index (Phi) is 8.24. The van der Waals surface area contributed by atoms with Crippen LogP contribution in [0.5, 0.6) is 0 Å². The van der Waals surface area contributed by atoms with Gasteiger partial charge in [-0.3, -0.25) is 9.59 Å². The van der Waals surface area contributed by atoms with Gasteiger partial charge in [-0.2, -0.15) is 0 Å². The zero-order valence-electron chi connectivity index (χ0n) is 21.8. The van der Waals surface area contributed by atoms with Crippen LogP contribution in [0.3, 0.4) is 0 Å². The summed E-state index contributed by atoms with van der Waals surface area (Å²) in [7, 11) is 0. The number of hydrogen-bond acceptors (Lipinski definition) is 4. The second-order valence-corrected chi connectivity index (χ2v) is 9.91. The molecule has 4 rings (SSSR count). The summed E-state index contributed by atoms with van der Waals surface area (Å²) in [5.74, 6) is 0.584. The molecular weight excluding hydrogens is 448 g/mol. The van der Waals surface area contributed by atoms with Gasteiger partial charge >= 0.3 is 0 Å². The normalized spacial score (nSPS) is 16.4. The molecule has 2 aromatic rings. The predicted molar refractivity (Wildman–Crippen MR) is 147 cm³/mol. The summed E-state index contributed by atoms with van der Waals surface area (Å²) in [6, 6.07) is 14.0. The third-order valence-corrected chi connectivity index (χ3v) is 7.23. The van der Waals surface area contributed by atoms with Crippen LogP contribution in [0.4, 0.5) is 5.69 Å². The van der Waals surface area contributed by atoms with Gasteiger partial charge in [0.2, 0.25) is 5.91 Å². The molecule has 1 saturated heterocycles. The lowest BCUT2D eigenvalue weighted by Crippen LogP contribution is -2.40.